The van der Waals surface area contributed by atoms with Gasteiger partial charge in [-0.15, -0.1) is 0 Å². The Morgan fingerprint density at radius 1 is 1.33 bits per heavy atom. The molecule has 1 N–H and O–H groups in total. The lowest BCUT2D eigenvalue weighted by molar-refractivity contribution is -0.155. The molecule has 0 amide bonds. The number of rotatable bonds is 4. The summed E-state index contributed by atoms with van der Waals surface area (Å²) in [4.78, 5) is 11.5. The van der Waals surface area contributed by atoms with Gasteiger partial charge in [0.1, 0.15) is 12.1 Å². The highest BCUT2D eigenvalue weighted by molar-refractivity contribution is 7.80. The summed E-state index contributed by atoms with van der Waals surface area (Å²) < 4.78 is 40.9. The second-order valence-electron chi connectivity index (χ2n) is 5.02. The van der Waals surface area contributed by atoms with Crippen LogP contribution in [0.4, 0.5) is 13.2 Å². The van der Waals surface area contributed by atoms with E-state index in [1.54, 1.807) is 27.7 Å². The Hall–Kier alpha value is -0.850. The fourth-order valence-electron chi connectivity index (χ4n) is 1.09. The van der Waals surface area contributed by atoms with E-state index >= 15 is 0 Å². The summed E-state index contributed by atoms with van der Waals surface area (Å²) in [5.41, 5.74) is -0.613. The van der Waals surface area contributed by atoms with E-state index in [0.29, 0.717) is 0 Å². The summed E-state index contributed by atoms with van der Waals surface area (Å²) in [6.07, 6.45) is -4.36. The highest BCUT2D eigenvalue weighted by Crippen LogP contribution is 2.15. The minimum atomic E-state index is -4.32. The standard InChI is InChI=1S/C11H18F3NO2S/c1-7(5-8(16)17-10(2,3)4)9(18)15-6-11(12,13)14/h7H,5-6H2,1-4H3,(H,15,18)/t7-/m0/s1. The van der Waals surface area contributed by atoms with Gasteiger partial charge in [-0.25, -0.2) is 0 Å². The Labute approximate surface area is 110 Å². The zero-order valence-electron chi connectivity index (χ0n) is 10.9. The number of carbonyl (C=O) groups excluding carboxylic acids is 1. The topological polar surface area (TPSA) is 38.3 Å². The Morgan fingerprint density at radius 2 is 1.83 bits per heavy atom. The molecule has 3 nitrogen and oxygen atoms in total. The van der Waals surface area contributed by atoms with Gasteiger partial charge in [0.2, 0.25) is 0 Å². The zero-order valence-corrected chi connectivity index (χ0v) is 11.7. The van der Waals surface area contributed by atoms with Crippen LogP contribution in [-0.4, -0.2) is 29.3 Å². The number of thiocarbonyl (C=S) groups is 1. The smallest absolute Gasteiger partial charge is 0.405 e. The van der Waals surface area contributed by atoms with Crippen molar-refractivity contribution in [2.45, 2.75) is 45.9 Å². The van der Waals surface area contributed by atoms with E-state index in [9.17, 15) is 18.0 Å². The highest BCUT2D eigenvalue weighted by atomic mass is 32.1. The summed E-state index contributed by atoms with van der Waals surface area (Å²) in [6, 6.07) is 0. The van der Waals surface area contributed by atoms with Crippen molar-refractivity contribution in [3.8, 4) is 0 Å². The first-order valence-corrected chi connectivity index (χ1v) is 5.88. The molecular weight excluding hydrogens is 267 g/mol. The average Bonchev–Trinajstić information content (AvgIpc) is 2.09. The molecule has 0 aromatic rings. The molecule has 18 heavy (non-hydrogen) atoms. The minimum absolute atomic E-state index is 0.0122. The first kappa shape index (κ1) is 17.2. The number of nitrogens with one attached hydrogen (secondary N) is 1. The molecule has 0 bridgehead atoms. The molecule has 0 spiro atoms. The van der Waals surface area contributed by atoms with Gasteiger partial charge in [-0.2, -0.15) is 13.2 Å². The lowest BCUT2D eigenvalue weighted by atomic mass is 10.1. The molecule has 0 radical (unpaired) electrons. The molecule has 7 heteroatoms. The van der Waals surface area contributed by atoms with Crippen molar-refractivity contribution in [3.05, 3.63) is 0 Å². The maximum atomic E-state index is 12.0. The van der Waals surface area contributed by atoms with Gasteiger partial charge in [-0.1, -0.05) is 19.1 Å². The molecule has 1 atom stereocenters. The van der Waals surface area contributed by atoms with Gasteiger partial charge in [0.25, 0.3) is 0 Å². The number of halogens is 3. The van der Waals surface area contributed by atoms with Crippen LogP contribution in [0.15, 0.2) is 0 Å². The van der Waals surface area contributed by atoms with E-state index in [1.807, 2.05) is 0 Å². The van der Waals surface area contributed by atoms with Crippen LogP contribution in [0, 0.1) is 5.92 Å². The van der Waals surface area contributed by atoms with Gasteiger partial charge in [0.05, 0.1) is 11.4 Å². The van der Waals surface area contributed by atoms with Gasteiger partial charge in [0, 0.05) is 5.92 Å². The summed E-state index contributed by atoms with van der Waals surface area (Å²) >= 11 is 4.79. The van der Waals surface area contributed by atoms with Crippen LogP contribution >= 0.6 is 12.2 Å². The SMILES string of the molecule is C[C@@H](CC(=O)OC(C)(C)C)C(=S)NCC(F)(F)F. The second kappa shape index (κ2) is 6.36. The van der Waals surface area contributed by atoms with Gasteiger partial charge >= 0.3 is 12.1 Å². The van der Waals surface area contributed by atoms with Crippen molar-refractivity contribution in [1.82, 2.24) is 5.32 Å². The fraction of sp³-hybridized carbons (Fsp3) is 0.818. The highest BCUT2D eigenvalue weighted by Gasteiger charge is 2.28. The van der Waals surface area contributed by atoms with Crippen LogP contribution in [-0.2, 0) is 9.53 Å². The molecule has 0 saturated heterocycles. The Balaban J connectivity index is 4.13. The molecule has 0 aromatic heterocycles. The molecule has 0 aromatic carbocycles. The summed E-state index contributed by atoms with van der Waals surface area (Å²) in [7, 11) is 0. The van der Waals surface area contributed by atoms with Crippen molar-refractivity contribution in [3.63, 3.8) is 0 Å². The zero-order chi connectivity index (χ0) is 14.6. The van der Waals surface area contributed by atoms with Crippen molar-refractivity contribution >= 4 is 23.2 Å². The lowest BCUT2D eigenvalue weighted by Gasteiger charge is -2.21. The van der Waals surface area contributed by atoms with Crippen LogP contribution in [0.1, 0.15) is 34.1 Å². The normalized spacial score (nSPS) is 13.9. The molecule has 0 unspecified atom stereocenters. The van der Waals surface area contributed by atoms with Crippen LogP contribution in [0.2, 0.25) is 0 Å². The van der Waals surface area contributed by atoms with Gasteiger partial charge < -0.3 is 10.1 Å². The molecule has 0 rings (SSSR count). The van der Waals surface area contributed by atoms with Gasteiger partial charge in [-0.05, 0) is 20.8 Å². The maximum absolute atomic E-state index is 12.0. The molecule has 0 aliphatic rings. The molecule has 0 fully saturated rings. The average molecular weight is 285 g/mol. The third kappa shape index (κ3) is 9.21. The van der Waals surface area contributed by atoms with Gasteiger partial charge in [0.15, 0.2) is 0 Å². The van der Waals surface area contributed by atoms with Crippen LogP contribution in [0.25, 0.3) is 0 Å². The fourth-order valence-corrected chi connectivity index (χ4v) is 1.24. The molecular formula is C11H18F3NO2S. The lowest BCUT2D eigenvalue weighted by Crippen LogP contribution is -2.37. The first-order chi connectivity index (χ1) is 7.91. The van der Waals surface area contributed by atoms with Crippen LogP contribution < -0.4 is 5.32 Å². The summed E-state index contributed by atoms with van der Waals surface area (Å²) in [6.45, 7) is 5.54. The van der Waals surface area contributed by atoms with E-state index in [1.165, 1.54) is 0 Å². The number of carbonyl (C=O) groups is 1. The number of hydrogen-bond acceptors (Lipinski definition) is 3. The van der Waals surface area contributed by atoms with E-state index in [0.717, 1.165) is 0 Å². The van der Waals surface area contributed by atoms with E-state index in [2.05, 4.69) is 5.32 Å². The van der Waals surface area contributed by atoms with Crippen LogP contribution in [0.5, 0.6) is 0 Å². The Bertz CT molecular complexity index is 310. The van der Waals surface area contributed by atoms with E-state index < -0.39 is 30.2 Å². The molecule has 0 heterocycles. The van der Waals surface area contributed by atoms with Crippen molar-refractivity contribution in [2.24, 2.45) is 5.92 Å². The van der Waals surface area contributed by atoms with Crippen molar-refractivity contribution in [2.75, 3.05) is 6.54 Å². The Kier molecular flexibility index (Phi) is 6.06. The predicted octanol–water partition coefficient (Wildman–Crippen LogP) is 2.83. The van der Waals surface area contributed by atoms with Gasteiger partial charge in [-0.3, -0.25) is 4.79 Å². The number of esters is 1. The third-order valence-corrected chi connectivity index (χ3v) is 2.35. The predicted molar refractivity (Wildman–Crippen MR) is 66.3 cm³/mol. The summed E-state index contributed by atoms with van der Waals surface area (Å²) in [5.74, 6) is -0.969. The maximum Gasteiger partial charge on any atom is 0.405 e. The van der Waals surface area contributed by atoms with Crippen LogP contribution in [0.3, 0.4) is 0 Å². The van der Waals surface area contributed by atoms with Crippen molar-refractivity contribution < 1.29 is 22.7 Å². The number of ether oxygens (including phenoxy) is 1. The van der Waals surface area contributed by atoms with Crippen molar-refractivity contribution in [1.29, 1.82) is 0 Å². The number of hydrogen-bond donors (Lipinski definition) is 1. The Morgan fingerprint density at radius 3 is 2.22 bits per heavy atom. The second-order valence-corrected chi connectivity index (χ2v) is 5.46. The summed E-state index contributed by atoms with van der Waals surface area (Å²) in [5, 5.41) is 2.09. The molecule has 106 valence electrons. The van der Waals surface area contributed by atoms with E-state index in [4.69, 9.17) is 17.0 Å². The quantitative estimate of drug-likeness (QED) is 0.637. The van der Waals surface area contributed by atoms with E-state index in [-0.39, 0.29) is 11.4 Å². The first-order valence-electron chi connectivity index (χ1n) is 5.47. The number of alkyl halides is 3. The molecule has 0 aliphatic carbocycles. The largest absolute Gasteiger partial charge is 0.460 e. The minimum Gasteiger partial charge on any atom is -0.460 e. The molecule has 0 aliphatic heterocycles. The molecule has 0 saturated carbocycles. The third-order valence-electron chi connectivity index (χ3n) is 1.80. The monoisotopic (exact) mass is 285 g/mol.